The Morgan fingerprint density at radius 2 is 1.84 bits per heavy atom. The van der Waals surface area contributed by atoms with Gasteiger partial charge in [-0.2, -0.15) is 0 Å². The van der Waals surface area contributed by atoms with Crippen LogP contribution in [-0.4, -0.2) is 43.6 Å². The van der Waals surface area contributed by atoms with Gasteiger partial charge in [-0.3, -0.25) is 19.1 Å². The lowest BCUT2D eigenvalue weighted by molar-refractivity contribution is 0.0722. The summed E-state index contributed by atoms with van der Waals surface area (Å²) in [4.78, 5) is 37.6. The van der Waals surface area contributed by atoms with E-state index in [1.807, 2.05) is 36.4 Å². The molecule has 4 aromatic rings. The highest BCUT2D eigenvalue weighted by molar-refractivity contribution is 6.05. The fourth-order valence-electron chi connectivity index (χ4n) is 4.46. The van der Waals surface area contributed by atoms with Crippen molar-refractivity contribution >= 4 is 27.6 Å². The number of aromatic nitrogens is 3. The molecule has 1 atom stereocenters. The molecule has 1 aliphatic heterocycles. The van der Waals surface area contributed by atoms with E-state index in [2.05, 4.69) is 4.98 Å². The van der Waals surface area contributed by atoms with Crippen LogP contribution in [0.2, 0.25) is 0 Å². The molecule has 1 amide bonds. The maximum absolute atomic E-state index is 13.6. The summed E-state index contributed by atoms with van der Waals surface area (Å²) in [6.07, 6.45) is 3.16. The number of para-hydroxylation sites is 1. The van der Waals surface area contributed by atoms with E-state index < -0.39 is 0 Å². The monoisotopic (exact) mass is 414 g/mol. The molecular formula is C24H22N4O3. The number of aliphatic hydroxyl groups excluding tert-OH is 1. The van der Waals surface area contributed by atoms with Crippen LogP contribution in [0.25, 0.3) is 21.7 Å². The predicted molar refractivity (Wildman–Crippen MR) is 118 cm³/mol. The molecule has 0 spiro atoms. The topological polar surface area (TPSA) is 88.3 Å². The molecule has 0 radical (unpaired) electrons. The average molecular weight is 414 g/mol. The highest BCUT2D eigenvalue weighted by Gasteiger charge is 2.35. The second-order valence-electron chi connectivity index (χ2n) is 7.70. The number of pyridine rings is 1. The van der Waals surface area contributed by atoms with Crippen molar-refractivity contribution in [3.05, 3.63) is 82.7 Å². The molecule has 1 unspecified atom stereocenters. The molecule has 1 aliphatic rings. The van der Waals surface area contributed by atoms with Crippen LogP contribution < -0.4 is 5.56 Å². The van der Waals surface area contributed by atoms with Gasteiger partial charge in [-0.25, -0.2) is 4.98 Å². The molecule has 7 heteroatoms. The number of aliphatic hydroxyl groups is 1. The smallest absolute Gasteiger partial charge is 0.273 e. The molecule has 5 rings (SSSR count). The van der Waals surface area contributed by atoms with Gasteiger partial charge in [0.05, 0.1) is 30.1 Å². The van der Waals surface area contributed by atoms with Crippen molar-refractivity contribution in [2.45, 2.75) is 25.4 Å². The number of fused-ring (bicyclic) bond motifs is 2. The maximum atomic E-state index is 13.6. The maximum Gasteiger partial charge on any atom is 0.273 e. The molecule has 0 saturated carbocycles. The van der Waals surface area contributed by atoms with Gasteiger partial charge in [0.25, 0.3) is 11.5 Å². The number of hydrogen-bond acceptors (Lipinski definition) is 5. The Morgan fingerprint density at radius 3 is 2.68 bits per heavy atom. The summed E-state index contributed by atoms with van der Waals surface area (Å²) < 4.78 is 1.51. The summed E-state index contributed by atoms with van der Waals surface area (Å²) in [5, 5.41) is 11.8. The van der Waals surface area contributed by atoms with Crippen molar-refractivity contribution in [3.8, 4) is 0 Å². The molecule has 0 aliphatic carbocycles. The summed E-state index contributed by atoms with van der Waals surface area (Å²) in [6.45, 7) is 0.520. The molecule has 0 bridgehead atoms. The molecule has 31 heavy (non-hydrogen) atoms. The van der Waals surface area contributed by atoms with Crippen molar-refractivity contribution in [1.82, 2.24) is 19.4 Å². The Labute approximate surface area is 178 Å². The SMILES string of the molecule is O=C(c1nccc2ccccc12)N1CCCC1c1nc2ccccc2c(=O)n1CCO. The number of amides is 1. The fourth-order valence-corrected chi connectivity index (χ4v) is 4.46. The van der Waals surface area contributed by atoms with Crippen LogP contribution in [0.3, 0.4) is 0 Å². The number of likely N-dealkylation sites (tertiary alicyclic amines) is 1. The third-order valence-corrected chi connectivity index (χ3v) is 5.90. The number of carbonyl (C=O) groups is 1. The number of rotatable bonds is 4. The summed E-state index contributed by atoms with van der Waals surface area (Å²) in [6, 6.07) is 16.4. The summed E-state index contributed by atoms with van der Waals surface area (Å²) >= 11 is 0. The number of carbonyl (C=O) groups excluding carboxylic acids is 1. The summed E-state index contributed by atoms with van der Waals surface area (Å²) in [5.41, 5.74) is 0.804. The summed E-state index contributed by atoms with van der Waals surface area (Å²) in [5.74, 6) is 0.348. The Kier molecular flexibility index (Phi) is 4.95. The lowest BCUT2D eigenvalue weighted by atomic mass is 10.1. The van der Waals surface area contributed by atoms with Gasteiger partial charge in [-0.1, -0.05) is 36.4 Å². The molecule has 7 nitrogen and oxygen atoms in total. The van der Waals surface area contributed by atoms with Gasteiger partial charge in [0.1, 0.15) is 11.5 Å². The second kappa shape index (κ2) is 7.92. The first-order chi connectivity index (χ1) is 15.2. The van der Waals surface area contributed by atoms with E-state index in [4.69, 9.17) is 4.98 Å². The Hall–Kier alpha value is -3.58. The lowest BCUT2D eigenvalue weighted by Crippen LogP contribution is -2.36. The fraction of sp³-hybridized carbons (Fsp3) is 0.250. The van der Waals surface area contributed by atoms with Crippen molar-refractivity contribution in [1.29, 1.82) is 0 Å². The zero-order chi connectivity index (χ0) is 21.4. The highest BCUT2D eigenvalue weighted by Crippen LogP contribution is 2.33. The molecule has 1 N–H and O–H groups in total. The van der Waals surface area contributed by atoms with E-state index in [0.29, 0.717) is 35.4 Å². The van der Waals surface area contributed by atoms with Crippen LogP contribution in [0.1, 0.15) is 35.2 Å². The first-order valence-corrected chi connectivity index (χ1v) is 10.4. The van der Waals surface area contributed by atoms with Crippen LogP contribution in [0, 0.1) is 0 Å². The molecule has 1 saturated heterocycles. The third-order valence-electron chi connectivity index (χ3n) is 5.90. The van der Waals surface area contributed by atoms with Crippen LogP contribution in [-0.2, 0) is 6.54 Å². The quantitative estimate of drug-likeness (QED) is 0.555. The highest BCUT2D eigenvalue weighted by atomic mass is 16.3. The largest absolute Gasteiger partial charge is 0.395 e. The third kappa shape index (κ3) is 3.27. The van der Waals surface area contributed by atoms with Gasteiger partial charge in [-0.05, 0) is 36.4 Å². The van der Waals surface area contributed by atoms with Gasteiger partial charge < -0.3 is 10.0 Å². The van der Waals surface area contributed by atoms with Gasteiger partial charge in [0.15, 0.2) is 0 Å². The van der Waals surface area contributed by atoms with E-state index in [1.54, 1.807) is 29.3 Å². The van der Waals surface area contributed by atoms with Crippen LogP contribution in [0.4, 0.5) is 0 Å². The minimum atomic E-state index is -0.350. The van der Waals surface area contributed by atoms with E-state index in [0.717, 1.165) is 17.2 Å². The zero-order valence-electron chi connectivity index (χ0n) is 16.9. The second-order valence-corrected chi connectivity index (χ2v) is 7.70. The van der Waals surface area contributed by atoms with Crippen LogP contribution in [0.5, 0.6) is 0 Å². The predicted octanol–water partition coefficient (Wildman–Crippen LogP) is 2.91. The lowest BCUT2D eigenvalue weighted by Gasteiger charge is -2.26. The number of benzene rings is 2. The molecule has 2 aromatic carbocycles. The first-order valence-electron chi connectivity index (χ1n) is 10.4. The molecule has 1 fully saturated rings. The van der Waals surface area contributed by atoms with E-state index in [9.17, 15) is 14.7 Å². The normalized spacial score (nSPS) is 16.3. The van der Waals surface area contributed by atoms with Crippen molar-refractivity contribution in [2.24, 2.45) is 0 Å². The molecule has 3 heterocycles. The Bertz CT molecular complexity index is 1340. The number of nitrogens with zero attached hydrogens (tertiary/aromatic N) is 4. The van der Waals surface area contributed by atoms with Crippen molar-refractivity contribution in [3.63, 3.8) is 0 Å². The van der Waals surface area contributed by atoms with Gasteiger partial charge in [0, 0.05) is 18.1 Å². The van der Waals surface area contributed by atoms with Crippen molar-refractivity contribution < 1.29 is 9.90 Å². The Balaban J connectivity index is 1.62. The van der Waals surface area contributed by atoms with Crippen LogP contribution in [0.15, 0.2) is 65.6 Å². The summed E-state index contributed by atoms with van der Waals surface area (Å²) in [7, 11) is 0. The van der Waals surface area contributed by atoms with Gasteiger partial charge in [0.2, 0.25) is 0 Å². The standard InChI is InChI=1S/C24H22N4O3/c29-15-14-28-22(26-19-9-4-3-8-18(19)23(28)30)20-10-5-13-27(20)24(31)21-17-7-2-1-6-16(17)11-12-25-21/h1-4,6-9,11-12,20,29H,5,10,13-15H2. The van der Waals surface area contributed by atoms with E-state index >= 15 is 0 Å². The molecule has 156 valence electrons. The zero-order valence-corrected chi connectivity index (χ0v) is 16.9. The van der Waals surface area contributed by atoms with Gasteiger partial charge in [-0.15, -0.1) is 0 Å². The number of hydrogen-bond donors (Lipinski definition) is 1. The van der Waals surface area contributed by atoms with E-state index in [1.165, 1.54) is 4.57 Å². The minimum absolute atomic E-state index is 0.136. The van der Waals surface area contributed by atoms with Crippen molar-refractivity contribution in [2.75, 3.05) is 13.2 Å². The van der Waals surface area contributed by atoms with E-state index in [-0.39, 0.29) is 30.7 Å². The molecule has 2 aromatic heterocycles. The van der Waals surface area contributed by atoms with Crippen LogP contribution >= 0.6 is 0 Å². The Morgan fingerprint density at radius 1 is 1.06 bits per heavy atom. The molecular weight excluding hydrogens is 392 g/mol. The first kappa shape index (κ1) is 19.4. The van der Waals surface area contributed by atoms with Gasteiger partial charge >= 0.3 is 0 Å². The average Bonchev–Trinajstić information content (AvgIpc) is 3.30. The minimum Gasteiger partial charge on any atom is -0.395 e.